The standard InChI is InChI=1S/C20H25N5O2/c1-11(25-13(3)20(14(4)26)12(2)24-25)8-19(27)21-10-16-6-7-17-18(9-16)23-15(5)22-17/h6-7,9,11H,8,10H2,1-5H3,(H,21,27)(H,22,23)/t11-/m0/s1. The minimum Gasteiger partial charge on any atom is -0.352 e. The first kappa shape index (κ1) is 18.8. The van der Waals surface area contributed by atoms with Crippen LogP contribution in [-0.2, 0) is 11.3 Å². The number of ketones is 1. The van der Waals surface area contributed by atoms with Gasteiger partial charge in [-0.2, -0.15) is 5.10 Å². The number of fused-ring (bicyclic) bond motifs is 1. The number of rotatable bonds is 6. The summed E-state index contributed by atoms with van der Waals surface area (Å²) in [5, 5.41) is 7.40. The van der Waals surface area contributed by atoms with Crippen LogP contribution >= 0.6 is 0 Å². The third kappa shape index (κ3) is 3.92. The van der Waals surface area contributed by atoms with E-state index in [4.69, 9.17) is 0 Å². The summed E-state index contributed by atoms with van der Waals surface area (Å²) in [5.74, 6) is 0.812. The summed E-state index contributed by atoms with van der Waals surface area (Å²) in [4.78, 5) is 31.7. The second-order valence-electron chi connectivity index (χ2n) is 7.05. The molecule has 3 rings (SSSR count). The van der Waals surface area contributed by atoms with Crippen LogP contribution in [0.4, 0.5) is 0 Å². The summed E-state index contributed by atoms with van der Waals surface area (Å²) in [5.41, 5.74) is 5.05. The van der Waals surface area contributed by atoms with Crippen LogP contribution in [0.15, 0.2) is 18.2 Å². The van der Waals surface area contributed by atoms with Gasteiger partial charge in [0.1, 0.15) is 5.82 Å². The van der Waals surface area contributed by atoms with Crippen molar-refractivity contribution in [1.29, 1.82) is 0 Å². The Morgan fingerprint density at radius 1 is 1.26 bits per heavy atom. The second kappa shape index (κ2) is 7.34. The van der Waals surface area contributed by atoms with Crippen molar-refractivity contribution < 1.29 is 9.59 Å². The van der Waals surface area contributed by atoms with Crippen molar-refractivity contribution in [2.75, 3.05) is 0 Å². The van der Waals surface area contributed by atoms with E-state index in [2.05, 4.69) is 20.4 Å². The molecule has 2 N–H and O–H groups in total. The highest BCUT2D eigenvalue weighted by Crippen LogP contribution is 2.20. The molecule has 7 nitrogen and oxygen atoms in total. The van der Waals surface area contributed by atoms with Crippen molar-refractivity contribution in [1.82, 2.24) is 25.1 Å². The number of aromatic amines is 1. The normalized spacial score (nSPS) is 12.3. The van der Waals surface area contributed by atoms with E-state index in [1.165, 1.54) is 6.92 Å². The molecular formula is C20H25N5O2. The third-order valence-corrected chi connectivity index (χ3v) is 4.73. The minimum absolute atomic E-state index is 0.00247. The second-order valence-corrected chi connectivity index (χ2v) is 7.05. The van der Waals surface area contributed by atoms with Gasteiger partial charge >= 0.3 is 0 Å². The average molecular weight is 367 g/mol. The number of amides is 1. The fraction of sp³-hybridized carbons (Fsp3) is 0.400. The van der Waals surface area contributed by atoms with Gasteiger partial charge in [-0.05, 0) is 52.3 Å². The molecular weight excluding hydrogens is 342 g/mol. The molecule has 1 amide bonds. The SMILES string of the molecule is CC(=O)c1c(C)nn([C@@H](C)CC(=O)NCc2ccc3nc(C)[nH]c3c2)c1C. The molecule has 2 aromatic heterocycles. The first-order valence-electron chi connectivity index (χ1n) is 9.05. The lowest BCUT2D eigenvalue weighted by Crippen LogP contribution is -2.26. The molecule has 142 valence electrons. The van der Waals surface area contributed by atoms with Gasteiger partial charge in [0.15, 0.2) is 5.78 Å². The minimum atomic E-state index is -0.130. The molecule has 0 spiro atoms. The van der Waals surface area contributed by atoms with Gasteiger partial charge in [0, 0.05) is 18.7 Å². The van der Waals surface area contributed by atoms with Gasteiger partial charge in [-0.15, -0.1) is 0 Å². The molecule has 7 heteroatoms. The predicted octanol–water partition coefficient (Wildman–Crippen LogP) is 3.15. The number of H-pyrrole nitrogens is 1. The Hall–Kier alpha value is -2.96. The number of carbonyl (C=O) groups excluding carboxylic acids is 2. The van der Waals surface area contributed by atoms with Gasteiger partial charge in [0.2, 0.25) is 5.91 Å². The van der Waals surface area contributed by atoms with E-state index in [-0.39, 0.29) is 17.7 Å². The van der Waals surface area contributed by atoms with Crippen LogP contribution in [0.25, 0.3) is 11.0 Å². The lowest BCUT2D eigenvalue weighted by molar-refractivity contribution is -0.122. The Morgan fingerprint density at radius 2 is 2.00 bits per heavy atom. The van der Waals surface area contributed by atoms with Crippen LogP contribution < -0.4 is 5.32 Å². The molecule has 0 saturated heterocycles. The molecule has 0 bridgehead atoms. The maximum absolute atomic E-state index is 12.4. The fourth-order valence-corrected chi connectivity index (χ4v) is 3.52. The van der Waals surface area contributed by atoms with E-state index in [0.717, 1.165) is 28.1 Å². The van der Waals surface area contributed by atoms with Crippen LogP contribution in [0.3, 0.4) is 0 Å². The Balaban J connectivity index is 1.63. The van der Waals surface area contributed by atoms with E-state index in [0.29, 0.717) is 24.2 Å². The molecule has 0 saturated carbocycles. The van der Waals surface area contributed by atoms with Crippen LogP contribution in [0.5, 0.6) is 0 Å². The molecule has 0 unspecified atom stereocenters. The Bertz CT molecular complexity index is 1010. The van der Waals surface area contributed by atoms with E-state index in [1.807, 2.05) is 45.9 Å². The molecule has 0 aliphatic heterocycles. The van der Waals surface area contributed by atoms with Crippen molar-refractivity contribution in [3.63, 3.8) is 0 Å². The average Bonchev–Trinajstić information content (AvgIpc) is 3.10. The zero-order valence-corrected chi connectivity index (χ0v) is 16.4. The Labute approximate surface area is 158 Å². The first-order chi connectivity index (χ1) is 12.8. The summed E-state index contributed by atoms with van der Waals surface area (Å²) in [6, 6.07) is 5.78. The van der Waals surface area contributed by atoms with E-state index < -0.39 is 0 Å². The molecule has 0 aliphatic rings. The number of hydrogen-bond acceptors (Lipinski definition) is 4. The highest BCUT2D eigenvalue weighted by atomic mass is 16.1. The number of hydrogen-bond donors (Lipinski definition) is 2. The monoisotopic (exact) mass is 367 g/mol. The van der Waals surface area contributed by atoms with Crippen molar-refractivity contribution in [2.24, 2.45) is 0 Å². The van der Waals surface area contributed by atoms with Crippen LogP contribution in [0.2, 0.25) is 0 Å². The number of benzene rings is 1. The predicted molar refractivity (Wildman–Crippen MR) is 104 cm³/mol. The molecule has 0 radical (unpaired) electrons. The van der Waals surface area contributed by atoms with Crippen LogP contribution in [-0.4, -0.2) is 31.4 Å². The molecule has 3 aromatic rings. The number of imidazole rings is 1. The number of Topliss-reactive ketones (excluding diaryl/α,β-unsaturated/α-hetero) is 1. The van der Waals surface area contributed by atoms with Crippen molar-refractivity contribution in [3.8, 4) is 0 Å². The van der Waals surface area contributed by atoms with Gasteiger partial charge in [-0.25, -0.2) is 4.98 Å². The number of aromatic nitrogens is 4. The summed E-state index contributed by atoms with van der Waals surface area (Å²) in [6.45, 7) is 9.53. The highest BCUT2D eigenvalue weighted by Gasteiger charge is 2.20. The smallest absolute Gasteiger partial charge is 0.222 e. The lowest BCUT2D eigenvalue weighted by atomic mass is 10.1. The number of carbonyl (C=O) groups is 2. The number of nitrogens with zero attached hydrogens (tertiary/aromatic N) is 3. The molecule has 1 atom stereocenters. The molecule has 2 heterocycles. The third-order valence-electron chi connectivity index (χ3n) is 4.73. The van der Waals surface area contributed by atoms with Crippen molar-refractivity contribution >= 4 is 22.7 Å². The molecule has 0 fully saturated rings. The number of aryl methyl sites for hydroxylation is 2. The first-order valence-corrected chi connectivity index (χ1v) is 9.05. The maximum Gasteiger partial charge on any atom is 0.222 e. The van der Waals surface area contributed by atoms with E-state index in [9.17, 15) is 9.59 Å². The Kier molecular flexibility index (Phi) is 5.12. The van der Waals surface area contributed by atoms with Gasteiger partial charge in [-0.3, -0.25) is 14.3 Å². The van der Waals surface area contributed by atoms with Gasteiger partial charge in [-0.1, -0.05) is 6.07 Å². The lowest BCUT2D eigenvalue weighted by Gasteiger charge is -2.14. The van der Waals surface area contributed by atoms with Crippen LogP contribution in [0.1, 0.15) is 59.4 Å². The molecule has 27 heavy (non-hydrogen) atoms. The zero-order valence-electron chi connectivity index (χ0n) is 16.4. The summed E-state index contributed by atoms with van der Waals surface area (Å²) < 4.78 is 1.77. The maximum atomic E-state index is 12.4. The van der Waals surface area contributed by atoms with Gasteiger partial charge in [0.05, 0.1) is 28.3 Å². The summed E-state index contributed by atoms with van der Waals surface area (Å²) in [7, 11) is 0. The van der Waals surface area contributed by atoms with Gasteiger partial charge in [0.25, 0.3) is 0 Å². The van der Waals surface area contributed by atoms with E-state index in [1.54, 1.807) is 4.68 Å². The van der Waals surface area contributed by atoms with Crippen molar-refractivity contribution in [2.45, 2.75) is 53.6 Å². The number of nitrogens with one attached hydrogen (secondary N) is 2. The van der Waals surface area contributed by atoms with Crippen LogP contribution in [0, 0.1) is 20.8 Å². The summed E-state index contributed by atoms with van der Waals surface area (Å²) in [6.07, 6.45) is 0.296. The molecule has 0 aliphatic carbocycles. The van der Waals surface area contributed by atoms with Crippen molar-refractivity contribution in [3.05, 3.63) is 46.5 Å². The quantitative estimate of drug-likeness (QED) is 0.655. The van der Waals surface area contributed by atoms with E-state index >= 15 is 0 Å². The topological polar surface area (TPSA) is 92.7 Å². The largest absolute Gasteiger partial charge is 0.352 e. The zero-order chi connectivity index (χ0) is 19.7. The molecule has 1 aromatic carbocycles. The highest BCUT2D eigenvalue weighted by molar-refractivity contribution is 5.96. The Morgan fingerprint density at radius 3 is 2.67 bits per heavy atom. The summed E-state index contributed by atoms with van der Waals surface area (Å²) >= 11 is 0. The van der Waals surface area contributed by atoms with Gasteiger partial charge < -0.3 is 10.3 Å². The fourth-order valence-electron chi connectivity index (χ4n) is 3.52.